The number of ketones is 2. The van der Waals surface area contributed by atoms with Gasteiger partial charge < -0.3 is 14.2 Å². The molecule has 20 heteroatoms. The zero-order valence-electron chi connectivity index (χ0n) is 35.4. The third-order valence-corrected chi connectivity index (χ3v) is 13.8. The van der Waals surface area contributed by atoms with Gasteiger partial charge in [0.05, 0.1) is 28.8 Å². The fraction of sp³-hybridized carbons (Fsp3) is 0.524. The molecule has 6 aliphatic heterocycles. The molecular formula is C42H50N4O3V13. The minimum absolute atomic E-state index is 0. The maximum atomic E-state index is 12.7. The number of aliphatic hydroxyl groups is 1. The summed E-state index contributed by atoms with van der Waals surface area (Å²) in [6.07, 6.45) is 11.8. The number of rotatable bonds is 4. The molecule has 62 heavy (non-hydrogen) atoms. The molecular weight excluding hydrogens is 1270 g/mol. The van der Waals surface area contributed by atoms with Crippen LogP contribution in [-0.2, 0) is 269 Å². The first-order valence-corrected chi connectivity index (χ1v) is 18.9. The second kappa shape index (κ2) is 29.6. The standard InChI is InChI=1S/C21H26N2O2.C21H24N2O.13V/c1-3-20-10-6-11-22-12-9-16-15-7-4-5-8-17(15)23(18(16)19(20)22)21(25,13-20)14(2)24;1-3-21-10-6-11-22-12-9-16-15-7-4-5-8-17(15)23(19(16)20(21)22)18(13-21)14(2)24;;;;;;;;;;;;;/h4-5,7-8,19,25H,3,6,9-13H2,1-2H3;4-5,7-8,13,20H,3,6,9-12H2,1-2H3;;;;;;;;;;;;;/t19-,20+,21+;20-,21+;;;;;;;;;;;;;/m11............./s1. The van der Waals surface area contributed by atoms with E-state index in [0.717, 1.165) is 69.4 Å². The van der Waals surface area contributed by atoms with Crippen LogP contribution in [0.1, 0.15) is 107 Å². The molecule has 2 aromatic carbocycles. The largest absolute Gasteiger partial charge is 0.364 e. The van der Waals surface area contributed by atoms with E-state index >= 15 is 0 Å². The first-order chi connectivity index (χ1) is 23.7. The van der Waals surface area contributed by atoms with Gasteiger partial charge in [-0.1, -0.05) is 50.2 Å². The Balaban J connectivity index is -0.000000289. The van der Waals surface area contributed by atoms with Crippen LogP contribution < -0.4 is 0 Å². The van der Waals surface area contributed by atoms with Crippen LogP contribution in [0.3, 0.4) is 0 Å². The molecule has 0 saturated carbocycles. The quantitative estimate of drug-likeness (QED) is 0.230. The summed E-state index contributed by atoms with van der Waals surface area (Å²) in [7, 11) is 0. The van der Waals surface area contributed by atoms with Gasteiger partial charge in [-0.3, -0.25) is 19.4 Å². The zero-order valence-corrected chi connectivity index (χ0v) is 53.6. The van der Waals surface area contributed by atoms with Crippen molar-refractivity contribution < 1.29 is 256 Å². The maximum Gasteiger partial charge on any atom is 0.202 e. The second-order valence-electron chi connectivity index (χ2n) is 16.0. The van der Waals surface area contributed by atoms with Crippen molar-refractivity contribution in [2.24, 2.45) is 10.8 Å². The SMILES string of the molecule is CC[C@@]12C=C(C(C)=O)n3c4c(c5ccccc53)CCN(CCC1)[C@H]42.CC[C@]12CCCN3CCc4c(n(c5ccccc45)[C@@](O)(C(C)=O)C1)[C@@H]32.[V].[V].[V].[V].[V].[V].[V].[V].[V].[V].[V].[V].[V]. The van der Waals surface area contributed by atoms with Gasteiger partial charge in [-0.25, -0.2) is 0 Å². The van der Waals surface area contributed by atoms with Crippen LogP contribution in [0, 0.1) is 10.8 Å². The molecule has 6 aliphatic rings. The van der Waals surface area contributed by atoms with Crippen molar-refractivity contribution in [3.8, 4) is 0 Å². The molecule has 2 aromatic heterocycles. The minimum Gasteiger partial charge on any atom is -0.364 e. The molecule has 4 aromatic rings. The van der Waals surface area contributed by atoms with E-state index in [1.807, 2.05) is 10.6 Å². The molecule has 2 fully saturated rings. The minimum atomic E-state index is -1.42. The summed E-state index contributed by atoms with van der Waals surface area (Å²) in [6.45, 7) is 12.4. The Morgan fingerprint density at radius 3 is 1.63 bits per heavy atom. The van der Waals surface area contributed by atoms with Crippen molar-refractivity contribution in [1.82, 2.24) is 18.9 Å². The number of carbonyl (C=O) groups is 2. The first kappa shape index (κ1) is 75.0. The average Bonchev–Trinajstić information content (AvgIpc) is 3.65. The van der Waals surface area contributed by atoms with E-state index in [0.29, 0.717) is 18.5 Å². The summed E-state index contributed by atoms with van der Waals surface area (Å²) >= 11 is 0. The van der Waals surface area contributed by atoms with Gasteiger partial charge in [0.2, 0.25) is 5.72 Å². The Morgan fingerprint density at radius 1 is 0.629 bits per heavy atom. The number of nitrogens with zero attached hydrogens (tertiary/aromatic N) is 4. The molecule has 321 valence electrons. The van der Waals surface area contributed by atoms with Crippen molar-refractivity contribution >= 4 is 39.1 Å². The first-order valence-electron chi connectivity index (χ1n) is 18.9. The van der Waals surface area contributed by atoms with E-state index in [1.54, 1.807) is 13.8 Å². The molecule has 13 radical (unpaired) electrons. The second-order valence-corrected chi connectivity index (χ2v) is 16.0. The Bertz CT molecular complexity index is 2120. The summed E-state index contributed by atoms with van der Waals surface area (Å²) in [5, 5.41) is 14.2. The van der Waals surface area contributed by atoms with Crippen molar-refractivity contribution in [2.75, 3.05) is 26.2 Å². The fourth-order valence-electron chi connectivity index (χ4n) is 11.6. The molecule has 8 heterocycles. The topological polar surface area (TPSA) is 70.7 Å². The molecule has 0 amide bonds. The van der Waals surface area contributed by atoms with Gasteiger partial charge in [0.1, 0.15) is 0 Å². The number of Topliss-reactive ketones (excluding diaryl/α,β-unsaturated/α-hetero) is 2. The van der Waals surface area contributed by atoms with Gasteiger partial charge in [-0.05, 0) is 106 Å². The van der Waals surface area contributed by atoms with Gasteiger partial charge in [0, 0.05) is 295 Å². The molecule has 7 nitrogen and oxygen atoms in total. The van der Waals surface area contributed by atoms with E-state index in [9.17, 15) is 14.7 Å². The number of carbonyl (C=O) groups excluding carboxylic acids is 2. The summed E-state index contributed by atoms with van der Waals surface area (Å²) in [5.74, 6) is 0.0533. The Morgan fingerprint density at radius 2 is 1.11 bits per heavy atom. The van der Waals surface area contributed by atoms with Crippen LogP contribution in [0.15, 0.2) is 54.6 Å². The van der Waals surface area contributed by atoms with Crippen molar-refractivity contribution in [1.29, 1.82) is 0 Å². The zero-order chi connectivity index (χ0) is 33.9. The van der Waals surface area contributed by atoms with Gasteiger partial charge in [-0.2, -0.15) is 0 Å². The summed E-state index contributed by atoms with van der Waals surface area (Å²) < 4.78 is 4.30. The molecule has 0 bridgehead atoms. The number of hydrogen-bond donors (Lipinski definition) is 1. The number of hydrogen-bond acceptors (Lipinski definition) is 5. The van der Waals surface area contributed by atoms with E-state index in [-0.39, 0.29) is 264 Å². The molecule has 2 saturated heterocycles. The summed E-state index contributed by atoms with van der Waals surface area (Å²) in [6, 6.07) is 17.7. The van der Waals surface area contributed by atoms with E-state index < -0.39 is 5.72 Å². The summed E-state index contributed by atoms with van der Waals surface area (Å²) in [5.41, 5.74) is 7.30. The van der Waals surface area contributed by atoms with Gasteiger partial charge in [0.15, 0.2) is 11.6 Å². The van der Waals surface area contributed by atoms with Crippen LogP contribution >= 0.6 is 0 Å². The number of aromatic nitrogens is 2. The molecule has 0 aliphatic carbocycles. The van der Waals surface area contributed by atoms with Crippen molar-refractivity contribution in [3.63, 3.8) is 0 Å². The average molecular weight is 1320 g/mol. The van der Waals surface area contributed by atoms with Gasteiger partial charge in [-0.15, -0.1) is 0 Å². The maximum absolute atomic E-state index is 12.7. The normalized spacial score (nSPS) is 24.8. The van der Waals surface area contributed by atoms with Crippen LogP contribution in [0.5, 0.6) is 0 Å². The monoisotopic (exact) mass is 1320 g/mol. The third-order valence-electron chi connectivity index (χ3n) is 13.8. The smallest absolute Gasteiger partial charge is 0.202 e. The van der Waals surface area contributed by atoms with Crippen LogP contribution in [-0.4, -0.2) is 61.8 Å². The van der Waals surface area contributed by atoms with E-state index in [4.69, 9.17) is 0 Å². The molecule has 0 spiro atoms. The van der Waals surface area contributed by atoms with E-state index in [2.05, 4.69) is 76.8 Å². The predicted molar refractivity (Wildman–Crippen MR) is 194 cm³/mol. The summed E-state index contributed by atoms with van der Waals surface area (Å²) in [4.78, 5) is 30.5. The van der Waals surface area contributed by atoms with Crippen LogP contribution in [0.25, 0.3) is 27.5 Å². The Kier molecular flexibility index (Phi) is 35.8. The van der Waals surface area contributed by atoms with Gasteiger partial charge in [0.25, 0.3) is 0 Å². The molecule has 5 atom stereocenters. The number of allylic oxidation sites excluding steroid dienone is 1. The predicted octanol–water partition coefficient (Wildman–Crippen LogP) is 7.51. The number of para-hydroxylation sites is 2. The van der Waals surface area contributed by atoms with Crippen LogP contribution in [0.4, 0.5) is 0 Å². The Labute approximate surface area is 523 Å². The van der Waals surface area contributed by atoms with Crippen LogP contribution in [0.2, 0.25) is 0 Å². The molecule has 0 unspecified atom stereocenters. The number of piperidine rings is 2. The number of benzene rings is 2. The van der Waals surface area contributed by atoms with E-state index in [1.165, 1.54) is 58.2 Å². The Hall–Kier alpha value is 4.08. The number of fused-ring (bicyclic) bond motifs is 6. The van der Waals surface area contributed by atoms with Gasteiger partial charge >= 0.3 is 0 Å². The third kappa shape index (κ3) is 11.8. The van der Waals surface area contributed by atoms with Crippen molar-refractivity contribution in [3.05, 3.63) is 77.1 Å². The molecule has 10 rings (SSSR count). The molecule has 1 N–H and O–H groups in total. The fourth-order valence-corrected chi connectivity index (χ4v) is 11.6. The van der Waals surface area contributed by atoms with Crippen molar-refractivity contribution in [2.45, 2.75) is 103 Å².